The van der Waals surface area contributed by atoms with Gasteiger partial charge in [0, 0.05) is 16.7 Å². The highest BCUT2D eigenvalue weighted by atomic mass is 79.9. The Labute approximate surface area is 128 Å². The molecule has 0 fully saturated rings. The number of ether oxygens (including phenoxy) is 1. The molecule has 1 aromatic heterocycles. The van der Waals surface area contributed by atoms with E-state index in [1.807, 2.05) is 19.1 Å². The second-order valence-electron chi connectivity index (χ2n) is 4.91. The molecular weight excluding hydrogens is 316 g/mol. The second-order valence-corrected chi connectivity index (χ2v) is 5.83. The molecule has 2 N–H and O–H groups in total. The summed E-state index contributed by atoms with van der Waals surface area (Å²) >= 11 is 3.38. The summed E-state index contributed by atoms with van der Waals surface area (Å²) < 4.78 is 6.75. The van der Waals surface area contributed by atoms with Gasteiger partial charge in [-0.05, 0) is 59.0 Å². The van der Waals surface area contributed by atoms with Gasteiger partial charge in [0.25, 0.3) is 0 Å². The minimum atomic E-state index is 0.218. The third kappa shape index (κ3) is 4.05. The molecule has 0 spiro atoms. The third-order valence-electron chi connectivity index (χ3n) is 3.17. The Morgan fingerprint density at radius 2 is 2.10 bits per heavy atom. The van der Waals surface area contributed by atoms with Crippen LogP contribution in [0.4, 0.5) is 0 Å². The van der Waals surface area contributed by atoms with Crippen LogP contribution in [0.15, 0.2) is 41.1 Å². The van der Waals surface area contributed by atoms with Crippen molar-refractivity contribution >= 4 is 15.9 Å². The summed E-state index contributed by atoms with van der Waals surface area (Å²) in [7, 11) is 0. The van der Waals surface area contributed by atoms with Gasteiger partial charge in [-0.1, -0.05) is 19.1 Å². The van der Waals surface area contributed by atoms with Crippen molar-refractivity contribution in [3.05, 3.63) is 52.3 Å². The topological polar surface area (TPSA) is 48.1 Å². The molecule has 1 heterocycles. The minimum Gasteiger partial charge on any atom is -0.455 e. The van der Waals surface area contributed by atoms with Gasteiger partial charge in [0.1, 0.15) is 11.5 Å². The van der Waals surface area contributed by atoms with Crippen LogP contribution < -0.4 is 10.5 Å². The molecule has 0 bridgehead atoms. The Morgan fingerprint density at radius 1 is 1.30 bits per heavy atom. The fraction of sp³-hybridized carbons (Fsp3) is 0.312. The highest BCUT2D eigenvalue weighted by Gasteiger charge is 2.06. The lowest BCUT2D eigenvalue weighted by Crippen LogP contribution is -2.21. The van der Waals surface area contributed by atoms with Gasteiger partial charge in [-0.3, -0.25) is 4.98 Å². The summed E-state index contributed by atoms with van der Waals surface area (Å²) in [5.41, 5.74) is 8.34. The molecule has 0 saturated carbocycles. The molecule has 20 heavy (non-hydrogen) atoms. The third-order valence-corrected chi connectivity index (χ3v) is 3.60. The summed E-state index contributed by atoms with van der Waals surface area (Å²) in [6.07, 6.45) is 5.32. The quantitative estimate of drug-likeness (QED) is 0.890. The molecule has 2 aromatic rings. The normalized spacial score (nSPS) is 12.2. The number of aryl methyl sites for hydroxylation is 1. The van der Waals surface area contributed by atoms with E-state index in [0.29, 0.717) is 0 Å². The van der Waals surface area contributed by atoms with Crippen LogP contribution in [-0.2, 0) is 6.42 Å². The van der Waals surface area contributed by atoms with Crippen molar-refractivity contribution in [2.24, 2.45) is 5.73 Å². The zero-order valence-electron chi connectivity index (χ0n) is 11.8. The van der Waals surface area contributed by atoms with E-state index >= 15 is 0 Å². The van der Waals surface area contributed by atoms with Crippen LogP contribution in [0.2, 0.25) is 0 Å². The fourth-order valence-corrected chi connectivity index (χ4v) is 2.32. The number of nitrogens with two attached hydrogens (primary N) is 1. The second kappa shape index (κ2) is 6.86. The van der Waals surface area contributed by atoms with Gasteiger partial charge in [-0.25, -0.2) is 0 Å². The zero-order valence-corrected chi connectivity index (χ0v) is 13.4. The van der Waals surface area contributed by atoms with E-state index in [9.17, 15) is 0 Å². The van der Waals surface area contributed by atoms with Crippen molar-refractivity contribution in [1.82, 2.24) is 4.98 Å². The average Bonchev–Trinajstić information content (AvgIpc) is 2.42. The van der Waals surface area contributed by atoms with Crippen molar-refractivity contribution < 1.29 is 4.74 Å². The number of pyridine rings is 1. The molecule has 0 aliphatic carbocycles. The summed E-state index contributed by atoms with van der Waals surface area (Å²) in [6, 6.07) is 8.32. The van der Waals surface area contributed by atoms with Crippen LogP contribution in [0, 0.1) is 6.92 Å². The summed E-state index contributed by atoms with van der Waals surface area (Å²) in [5, 5.41) is 0. The Bertz CT molecular complexity index is 586. The number of rotatable bonds is 5. The highest BCUT2D eigenvalue weighted by Crippen LogP contribution is 2.27. The monoisotopic (exact) mass is 334 g/mol. The Balaban J connectivity index is 2.13. The Morgan fingerprint density at radius 3 is 2.75 bits per heavy atom. The highest BCUT2D eigenvalue weighted by molar-refractivity contribution is 9.10. The van der Waals surface area contributed by atoms with Gasteiger partial charge in [0.2, 0.25) is 0 Å². The van der Waals surface area contributed by atoms with E-state index in [1.54, 1.807) is 12.4 Å². The van der Waals surface area contributed by atoms with Gasteiger partial charge in [0.15, 0.2) is 0 Å². The molecule has 0 amide bonds. The maximum Gasteiger partial charge on any atom is 0.146 e. The number of benzene rings is 1. The van der Waals surface area contributed by atoms with Crippen molar-refractivity contribution in [2.45, 2.75) is 32.7 Å². The first kappa shape index (κ1) is 15.0. The number of hydrogen-bond acceptors (Lipinski definition) is 3. The molecule has 106 valence electrons. The first-order chi connectivity index (χ1) is 9.58. The van der Waals surface area contributed by atoms with Crippen LogP contribution in [0.5, 0.6) is 11.5 Å². The minimum absolute atomic E-state index is 0.218. The molecule has 4 heteroatoms. The number of nitrogens with zero attached hydrogens (tertiary/aromatic N) is 1. The lowest BCUT2D eigenvalue weighted by atomic mass is 10.0. The largest absolute Gasteiger partial charge is 0.455 e. The van der Waals surface area contributed by atoms with Crippen molar-refractivity contribution in [3.63, 3.8) is 0 Å². The van der Waals surface area contributed by atoms with E-state index in [2.05, 4.69) is 40.0 Å². The van der Waals surface area contributed by atoms with Gasteiger partial charge in [-0.15, -0.1) is 0 Å². The lowest BCUT2D eigenvalue weighted by molar-refractivity contribution is 0.475. The molecule has 0 aliphatic heterocycles. The molecule has 0 radical (unpaired) electrons. The van der Waals surface area contributed by atoms with Gasteiger partial charge in [-0.2, -0.15) is 0 Å². The molecule has 1 unspecified atom stereocenters. The van der Waals surface area contributed by atoms with E-state index in [1.165, 1.54) is 5.56 Å². The molecular formula is C16H19BrN2O. The molecule has 3 nitrogen and oxygen atoms in total. The predicted molar refractivity (Wildman–Crippen MR) is 85.2 cm³/mol. The van der Waals surface area contributed by atoms with Crippen LogP contribution >= 0.6 is 15.9 Å². The Kier molecular flexibility index (Phi) is 5.15. The molecule has 0 aliphatic rings. The van der Waals surface area contributed by atoms with Crippen molar-refractivity contribution in [1.29, 1.82) is 0 Å². The Hall–Kier alpha value is -1.39. The number of aromatic nitrogens is 1. The molecule has 1 aromatic carbocycles. The summed E-state index contributed by atoms with van der Waals surface area (Å²) in [6.45, 7) is 4.15. The first-order valence-electron chi connectivity index (χ1n) is 6.72. The van der Waals surface area contributed by atoms with Gasteiger partial charge >= 0.3 is 0 Å². The first-order valence-corrected chi connectivity index (χ1v) is 7.51. The van der Waals surface area contributed by atoms with Gasteiger partial charge < -0.3 is 10.5 Å². The zero-order chi connectivity index (χ0) is 14.5. The van der Waals surface area contributed by atoms with E-state index in [4.69, 9.17) is 10.5 Å². The average molecular weight is 335 g/mol. The summed E-state index contributed by atoms with van der Waals surface area (Å²) in [4.78, 5) is 4.09. The standard InChI is InChI=1S/C16H19BrN2O/c1-3-14(18)7-12-4-5-16(11(2)6-12)20-15-8-13(17)9-19-10-15/h4-6,8-10,14H,3,7,18H2,1-2H3. The molecule has 1 atom stereocenters. The smallest absolute Gasteiger partial charge is 0.146 e. The van der Waals surface area contributed by atoms with E-state index < -0.39 is 0 Å². The number of hydrogen-bond donors (Lipinski definition) is 1. The molecule has 2 rings (SSSR count). The van der Waals surface area contributed by atoms with Crippen LogP contribution in [-0.4, -0.2) is 11.0 Å². The summed E-state index contributed by atoms with van der Waals surface area (Å²) in [5.74, 6) is 1.57. The maximum atomic E-state index is 5.99. The van der Waals surface area contributed by atoms with Crippen LogP contribution in [0.25, 0.3) is 0 Å². The van der Waals surface area contributed by atoms with E-state index in [-0.39, 0.29) is 6.04 Å². The van der Waals surface area contributed by atoms with Gasteiger partial charge in [0.05, 0.1) is 6.20 Å². The number of halogens is 1. The van der Waals surface area contributed by atoms with Crippen molar-refractivity contribution in [2.75, 3.05) is 0 Å². The molecule has 0 saturated heterocycles. The van der Waals surface area contributed by atoms with Crippen LogP contribution in [0.1, 0.15) is 24.5 Å². The van der Waals surface area contributed by atoms with Crippen molar-refractivity contribution in [3.8, 4) is 11.5 Å². The fourth-order valence-electron chi connectivity index (χ4n) is 1.98. The predicted octanol–water partition coefficient (Wildman–Crippen LogP) is 4.22. The maximum absolute atomic E-state index is 5.99. The van der Waals surface area contributed by atoms with Crippen LogP contribution in [0.3, 0.4) is 0 Å². The SMILES string of the molecule is CCC(N)Cc1ccc(Oc2cncc(Br)c2)c(C)c1. The van der Waals surface area contributed by atoms with E-state index in [0.717, 1.165) is 34.4 Å². The lowest BCUT2D eigenvalue weighted by Gasteiger charge is -2.12.